The second-order valence-corrected chi connectivity index (χ2v) is 5.68. The molecule has 0 aliphatic carbocycles. The van der Waals surface area contributed by atoms with E-state index in [2.05, 4.69) is 41.5 Å². The van der Waals surface area contributed by atoms with Crippen molar-refractivity contribution >= 4 is 5.78 Å². The average molecular weight is 214 g/mol. The molecule has 0 N–H and O–H groups in total. The number of ether oxygens (including phenoxy) is 1. The van der Waals surface area contributed by atoms with Crippen molar-refractivity contribution in [1.29, 1.82) is 0 Å². The molecule has 0 radical (unpaired) electrons. The lowest BCUT2D eigenvalue weighted by Crippen LogP contribution is -2.37. The fraction of sp³-hybridized carbons (Fsp3) is 0.923. The summed E-state index contributed by atoms with van der Waals surface area (Å²) in [5.74, 6) is 0.651. The summed E-state index contributed by atoms with van der Waals surface area (Å²) in [6.07, 6.45) is 1.33. The van der Waals surface area contributed by atoms with Crippen LogP contribution in [0.4, 0.5) is 0 Å². The van der Waals surface area contributed by atoms with E-state index in [9.17, 15) is 4.79 Å². The Morgan fingerprint density at radius 3 is 2.13 bits per heavy atom. The lowest BCUT2D eigenvalue weighted by molar-refractivity contribution is -0.138. The summed E-state index contributed by atoms with van der Waals surface area (Å²) in [6, 6.07) is 0. The SMILES string of the molecule is CCCOC(C(=O)CC(C)C)C(C)(C)C. The van der Waals surface area contributed by atoms with Gasteiger partial charge in [-0.3, -0.25) is 4.79 Å². The van der Waals surface area contributed by atoms with Crippen molar-refractivity contribution in [3.8, 4) is 0 Å². The minimum absolute atomic E-state index is 0.0961. The summed E-state index contributed by atoms with van der Waals surface area (Å²) in [7, 11) is 0. The number of rotatable bonds is 6. The lowest BCUT2D eigenvalue weighted by atomic mass is 9.84. The highest BCUT2D eigenvalue weighted by atomic mass is 16.5. The number of hydrogen-bond donors (Lipinski definition) is 0. The second-order valence-electron chi connectivity index (χ2n) is 5.68. The molecular weight excluding hydrogens is 188 g/mol. The van der Waals surface area contributed by atoms with Crippen molar-refractivity contribution in [2.75, 3.05) is 6.61 Å². The summed E-state index contributed by atoms with van der Waals surface area (Å²) in [6.45, 7) is 13.1. The Morgan fingerprint density at radius 2 is 1.80 bits per heavy atom. The smallest absolute Gasteiger partial charge is 0.162 e. The minimum Gasteiger partial charge on any atom is -0.370 e. The number of ketones is 1. The molecule has 1 atom stereocenters. The molecule has 2 heteroatoms. The largest absolute Gasteiger partial charge is 0.370 e. The molecule has 0 heterocycles. The van der Waals surface area contributed by atoms with Crippen molar-refractivity contribution in [3.05, 3.63) is 0 Å². The first kappa shape index (κ1) is 14.6. The zero-order valence-corrected chi connectivity index (χ0v) is 11.1. The second kappa shape index (κ2) is 6.26. The van der Waals surface area contributed by atoms with Crippen molar-refractivity contribution in [3.63, 3.8) is 0 Å². The fourth-order valence-electron chi connectivity index (χ4n) is 1.57. The zero-order chi connectivity index (χ0) is 12.1. The van der Waals surface area contributed by atoms with E-state index in [4.69, 9.17) is 4.74 Å². The number of Topliss-reactive ketones (excluding diaryl/α,β-unsaturated/α-hetero) is 1. The van der Waals surface area contributed by atoms with Gasteiger partial charge in [0.2, 0.25) is 0 Å². The van der Waals surface area contributed by atoms with Crippen molar-refractivity contribution in [1.82, 2.24) is 0 Å². The Labute approximate surface area is 94.4 Å². The van der Waals surface area contributed by atoms with Crippen LogP contribution >= 0.6 is 0 Å². The third-order valence-electron chi connectivity index (χ3n) is 2.18. The van der Waals surface area contributed by atoms with Gasteiger partial charge in [0.05, 0.1) is 0 Å². The molecule has 0 amide bonds. The predicted molar refractivity (Wildman–Crippen MR) is 63.9 cm³/mol. The normalized spacial score (nSPS) is 14.3. The molecule has 1 unspecified atom stereocenters. The third kappa shape index (κ3) is 5.93. The molecule has 0 aliphatic heterocycles. The molecule has 0 saturated carbocycles. The highest BCUT2D eigenvalue weighted by Gasteiger charge is 2.31. The van der Waals surface area contributed by atoms with Gasteiger partial charge >= 0.3 is 0 Å². The Balaban J connectivity index is 4.42. The molecule has 0 spiro atoms. The van der Waals surface area contributed by atoms with Crippen LogP contribution in [0.2, 0.25) is 0 Å². The maximum atomic E-state index is 12.0. The molecule has 90 valence electrons. The van der Waals surface area contributed by atoms with Crippen LogP contribution < -0.4 is 0 Å². The van der Waals surface area contributed by atoms with E-state index >= 15 is 0 Å². The van der Waals surface area contributed by atoms with Crippen LogP contribution in [-0.2, 0) is 9.53 Å². The summed E-state index contributed by atoms with van der Waals surface area (Å²) in [5, 5.41) is 0. The van der Waals surface area contributed by atoms with Crippen LogP contribution in [0, 0.1) is 11.3 Å². The molecule has 15 heavy (non-hydrogen) atoms. The van der Waals surface area contributed by atoms with Crippen molar-refractivity contribution in [2.45, 2.75) is 60.5 Å². The molecule has 0 rings (SSSR count). The molecule has 0 saturated heterocycles. The number of carbonyl (C=O) groups excluding carboxylic acids is 1. The number of carbonyl (C=O) groups is 1. The van der Waals surface area contributed by atoms with Crippen LogP contribution in [0.25, 0.3) is 0 Å². The quantitative estimate of drug-likeness (QED) is 0.677. The fourth-order valence-corrected chi connectivity index (χ4v) is 1.57. The van der Waals surface area contributed by atoms with Crippen LogP contribution in [0.5, 0.6) is 0 Å². The summed E-state index contributed by atoms with van der Waals surface area (Å²) in [5.41, 5.74) is -0.0961. The van der Waals surface area contributed by atoms with E-state index in [0.717, 1.165) is 6.42 Å². The lowest BCUT2D eigenvalue weighted by Gasteiger charge is -2.29. The predicted octanol–water partition coefficient (Wildman–Crippen LogP) is 3.44. The highest BCUT2D eigenvalue weighted by Crippen LogP contribution is 2.25. The van der Waals surface area contributed by atoms with Gasteiger partial charge in [0.25, 0.3) is 0 Å². The number of hydrogen-bond acceptors (Lipinski definition) is 2. The first-order valence-corrected chi connectivity index (χ1v) is 5.93. The molecule has 0 aromatic rings. The van der Waals surface area contributed by atoms with Gasteiger partial charge in [-0.05, 0) is 17.8 Å². The molecule has 0 bridgehead atoms. The molecule has 2 nitrogen and oxygen atoms in total. The zero-order valence-electron chi connectivity index (χ0n) is 11.1. The Kier molecular flexibility index (Phi) is 6.11. The van der Waals surface area contributed by atoms with Crippen molar-refractivity contribution in [2.24, 2.45) is 11.3 Å². The van der Waals surface area contributed by atoms with Crippen LogP contribution in [-0.4, -0.2) is 18.5 Å². The van der Waals surface area contributed by atoms with Gasteiger partial charge in [0.15, 0.2) is 5.78 Å². The standard InChI is InChI=1S/C13H26O2/c1-7-8-15-12(13(4,5)6)11(14)9-10(2)3/h10,12H,7-9H2,1-6H3. The van der Waals surface area contributed by atoms with Gasteiger partial charge in [-0.2, -0.15) is 0 Å². The third-order valence-corrected chi connectivity index (χ3v) is 2.18. The topological polar surface area (TPSA) is 26.3 Å². The maximum Gasteiger partial charge on any atom is 0.162 e. The average Bonchev–Trinajstić information content (AvgIpc) is 2.00. The van der Waals surface area contributed by atoms with Gasteiger partial charge in [-0.15, -0.1) is 0 Å². The van der Waals surface area contributed by atoms with Crippen LogP contribution in [0.1, 0.15) is 54.4 Å². The Morgan fingerprint density at radius 1 is 1.27 bits per heavy atom. The first-order chi connectivity index (χ1) is 6.79. The molecule has 0 aromatic carbocycles. The molecule has 0 aromatic heterocycles. The van der Waals surface area contributed by atoms with E-state index in [-0.39, 0.29) is 17.3 Å². The summed E-state index contributed by atoms with van der Waals surface area (Å²) >= 11 is 0. The molecular formula is C13H26O2. The minimum atomic E-state index is -0.250. The highest BCUT2D eigenvalue weighted by molar-refractivity contribution is 5.84. The van der Waals surface area contributed by atoms with E-state index < -0.39 is 0 Å². The monoisotopic (exact) mass is 214 g/mol. The molecule has 0 fully saturated rings. The maximum absolute atomic E-state index is 12.0. The van der Waals surface area contributed by atoms with Gasteiger partial charge in [0.1, 0.15) is 6.10 Å². The van der Waals surface area contributed by atoms with Crippen LogP contribution in [0.15, 0.2) is 0 Å². The van der Waals surface area contributed by atoms with Gasteiger partial charge in [-0.25, -0.2) is 0 Å². The first-order valence-electron chi connectivity index (χ1n) is 5.93. The van der Waals surface area contributed by atoms with E-state index in [0.29, 0.717) is 18.9 Å². The van der Waals surface area contributed by atoms with Crippen LogP contribution in [0.3, 0.4) is 0 Å². The van der Waals surface area contributed by atoms with E-state index in [1.807, 2.05) is 0 Å². The summed E-state index contributed by atoms with van der Waals surface area (Å²) in [4.78, 5) is 12.0. The Hall–Kier alpha value is -0.370. The summed E-state index contributed by atoms with van der Waals surface area (Å²) < 4.78 is 5.67. The van der Waals surface area contributed by atoms with E-state index in [1.165, 1.54) is 0 Å². The Bertz CT molecular complexity index is 189. The van der Waals surface area contributed by atoms with Gasteiger partial charge < -0.3 is 4.74 Å². The van der Waals surface area contributed by atoms with Crippen molar-refractivity contribution < 1.29 is 9.53 Å². The van der Waals surface area contributed by atoms with Gasteiger partial charge in [0, 0.05) is 13.0 Å². The molecule has 0 aliphatic rings. The van der Waals surface area contributed by atoms with Gasteiger partial charge in [-0.1, -0.05) is 41.5 Å². The van der Waals surface area contributed by atoms with E-state index in [1.54, 1.807) is 0 Å².